The van der Waals surface area contributed by atoms with Gasteiger partial charge in [0, 0.05) is 55.9 Å². The first kappa shape index (κ1) is 21.5. The predicted octanol–water partition coefficient (Wildman–Crippen LogP) is 4.77. The molecular formula is C25H31ClN6. The van der Waals surface area contributed by atoms with Crippen LogP contribution in [0.2, 0.25) is 5.02 Å². The van der Waals surface area contributed by atoms with Crippen LogP contribution in [-0.4, -0.2) is 30.8 Å². The normalized spacial score (nSPS) is 21.1. The molecule has 0 aromatic carbocycles. The van der Waals surface area contributed by atoms with Crippen molar-refractivity contribution in [3.05, 3.63) is 59.0 Å². The van der Waals surface area contributed by atoms with E-state index in [-0.39, 0.29) is 0 Å². The fourth-order valence-corrected chi connectivity index (χ4v) is 4.98. The maximum Gasteiger partial charge on any atom is 0.129 e. The molecule has 5 rings (SSSR count). The van der Waals surface area contributed by atoms with Gasteiger partial charge in [-0.2, -0.15) is 5.10 Å². The van der Waals surface area contributed by atoms with E-state index < -0.39 is 0 Å². The number of pyridine rings is 1. The number of nitrogens with one attached hydrogen (secondary N) is 1. The first-order valence-electron chi connectivity index (χ1n) is 11.8. The Labute approximate surface area is 194 Å². The van der Waals surface area contributed by atoms with Gasteiger partial charge in [-0.1, -0.05) is 17.7 Å². The third kappa shape index (κ3) is 5.18. The monoisotopic (exact) mass is 450 g/mol. The number of nitrogens with zero attached hydrogens (tertiary/aromatic N) is 5. The average Bonchev–Trinajstić information content (AvgIpc) is 3.57. The lowest BCUT2D eigenvalue weighted by molar-refractivity contribution is 0.286. The fraction of sp³-hybridized carbons (Fsp3) is 0.520. The van der Waals surface area contributed by atoms with E-state index in [0.29, 0.717) is 17.0 Å². The minimum absolute atomic E-state index is 0.577. The Morgan fingerprint density at radius 3 is 2.56 bits per heavy atom. The van der Waals surface area contributed by atoms with Crippen molar-refractivity contribution >= 4 is 11.6 Å². The summed E-state index contributed by atoms with van der Waals surface area (Å²) in [5, 5.41) is 8.80. The van der Waals surface area contributed by atoms with E-state index in [4.69, 9.17) is 16.6 Å². The van der Waals surface area contributed by atoms with Crippen molar-refractivity contribution in [1.82, 2.24) is 30.0 Å². The second-order valence-electron chi connectivity index (χ2n) is 9.42. The smallest absolute Gasteiger partial charge is 0.129 e. The summed E-state index contributed by atoms with van der Waals surface area (Å²) in [7, 11) is 2.01. The Kier molecular flexibility index (Phi) is 6.51. The van der Waals surface area contributed by atoms with Crippen LogP contribution in [0.5, 0.6) is 0 Å². The molecule has 3 aromatic heterocycles. The molecule has 0 amide bonds. The van der Waals surface area contributed by atoms with E-state index in [1.165, 1.54) is 49.8 Å². The van der Waals surface area contributed by atoms with Crippen molar-refractivity contribution < 1.29 is 0 Å². The van der Waals surface area contributed by atoms with Crippen molar-refractivity contribution in [2.75, 3.05) is 0 Å². The molecule has 3 aromatic rings. The number of aromatic nitrogens is 5. The van der Waals surface area contributed by atoms with Gasteiger partial charge >= 0.3 is 0 Å². The highest BCUT2D eigenvalue weighted by Crippen LogP contribution is 2.37. The van der Waals surface area contributed by atoms with Crippen molar-refractivity contribution in [3.8, 4) is 11.3 Å². The van der Waals surface area contributed by atoms with Crippen LogP contribution in [0, 0.1) is 11.8 Å². The Balaban J connectivity index is 1.20. The highest BCUT2D eigenvalue weighted by Gasteiger charge is 2.27. The van der Waals surface area contributed by atoms with Crippen LogP contribution in [0.1, 0.15) is 55.6 Å². The molecule has 7 heteroatoms. The summed E-state index contributed by atoms with van der Waals surface area (Å²) >= 11 is 6.54. The summed E-state index contributed by atoms with van der Waals surface area (Å²) in [5.74, 6) is 2.31. The van der Waals surface area contributed by atoms with Crippen molar-refractivity contribution in [1.29, 1.82) is 0 Å². The molecule has 2 fully saturated rings. The van der Waals surface area contributed by atoms with E-state index in [2.05, 4.69) is 26.4 Å². The molecule has 0 unspecified atom stereocenters. The second kappa shape index (κ2) is 9.67. The van der Waals surface area contributed by atoms with Gasteiger partial charge in [-0.3, -0.25) is 9.67 Å². The summed E-state index contributed by atoms with van der Waals surface area (Å²) in [4.78, 5) is 13.7. The molecule has 2 aliphatic rings. The molecule has 1 N–H and O–H groups in total. The minimum atomic E-state index is 0.577. The van der Waals surface area contributed by atoms with Crippen molar-refractivity contribution in [2.24, 2.45) is 18.9 Å². The third-order valence-corrected chi connectivity index (χ3v) is 7.20. The lowest BCUT2D eigenvalue weighted by Gasteiger charge is -2.29. The molecule has 168 valence electrons. The van der Waals surface area contributed by atoms with Gasteiger partial charge in [0.2, 0.25) is 0 Å². The summed E-state index contributed by atoms with van der Waals surface area (Å²) in [6.07, 6.45) is 16.8. The molecule has 0 radical (unpaired) electrons. The fourth-order valence-electron chi connectivity index (χ4n) is 4.78. The van der Waals surface area contributed by atoms with Gasteiger partial charge in [-0.15, -0.1) is 0 Å². The van der Waals surface area contributed by atoms with Gasteiger partial charge in [-0.25, -0.2) is 9.97 Å². The van der Waals surface area contributed by atoms with Crippen molar-refractivity contribution in [2.45, 2.75) is 64.0 Å². The van der Waals surface area contributed by atoms with Crippen LogP contribution in [0.3, 0.4) is 0 Å². The molecule has 0 bridgehead atoms. The van der Waals surface area contributed by atoms with Gasteiger partial charge < -0.3 is 5.32 Å². The predicted molar refractivity (Wildman–Crippen MR) is 126 cm³/mol. The standard InChI is InChI=1S/C25H31ClN6/c1-32-23(11-17-4-5-17)21(15-30-32)25-22(26)16-29-24(31-25)12-18-6-8-20(9-7-18)28-14-19-3-2-10-27-13-19/h2-3,10,13,15-18,20,28H,4-9,11-12,14H2,1H3. The maximum absolute atomic E-state index is 6.54. The highest BCUT2D eigenvalue weighted by atomic mass is 35.5. The van der Waals surface area contributed by atoms with Crippen LogP contribution < -0.4 is 5.32 Å². The third-order valence-electron chi connectivity index (χ3n) is 6.93. The Morgan fingerprint density at radius 2 is 1.81 bits per heavy atom. The molecule has 0 spiro atoms. The van der Waals surface area contributed by atoms with E-state index in [1.54, 1.807) is 6.20 Å². The molecule has 2 saturated carbocycles. The molecule has 0 atom stereocenters. The molecule has 0 saturated heterocycles. The molecule has 2 aliphatic carbocycles. The molecule has 3 heterocycles. The number of aryl methyl sites for hydroxylation is 1. The summed E-state index contributed by atoms with van der Waals surface area (Å²) in [5.41, 5.74) is 4.39. The lowest BCUT2D eigenvalue weighted by Crippen LogP contribution is -2.33. The lowest BCUT2D eigenvalue weighted by atomic mass is 9.84. The molecule has 0 aliphatic heterocycles. The quantitative estimate of drug-likeness (QED) is 0.535. The van der Waals surface area contributed by atoms with E-state index in [1.807, 2.05) is 36.4 Å². The number of hydrogen-bond donors (Lipinski definition) is 1. The Morgan fingerprint density at radius 1 is 1.03 bits per heavy atom. The maximum atomic E-state index is 6.54. The molecule has 32 heavy (non-hydrogen) atoms. The number of rotatable bonds is 8. The average molecular weight is 451 g/mol. The second-order valence-corrected chi connectivity index (χ2v) is 9.83. The van der Waals surface area contributed by atoms with E-state index in [9.17, 15) is 0 Å². The van der Waals surface area contributed by atoms with Gasteiger partial charge in [0.25, 0.3) is 0 Å². The minimum Gasteiger partial charge on any atom is -0.310 e. The summed E-state index contributed by atoms with van der Waals surface area (Å²) < 4.78 is 1.98. The van der Waals surface area contributed by atoms with Gasteiger partial charge in [0.1, 0.15) is 5.82 Å². The molecule has 6 nitrogen and oxygen atoms in total. The highest BCUT2D eigenvalue weighted by molar-refractivity contribution is 6.32. The largest absolute Gasteiger partial charge is 0.310 e. The van der Waals surface area contributed by atoms with Gasteiger partial charge in [0.15, 0.2) is 0 Å². The summed E-state index contributed by atoms with van der Waals surface area (Å²) in [6.45, 7) is 0.890. The summed E-state index contributed by atoms with van der Waals surface area (Å²) in [6, 6.07) is 4.70. The van der Waals surface area contributed by atoms with Crippen molar-refractivity contribution in [3.63, 3.8) is 0 Å². The van der Waals surface area contributed by atoms with Gasteiger partial charge in [0.05, 0.1) is 16.9 Å². The van der Waals surface area contributed by atoms with Crippen LogP contribution in [0.15, 0.2) is 36.9 Å². The zero-order chi connectivity index (χ0) is 21.9. The first-order chi connectivity index (χ1) is 15.7. The van der Waals surface area contributed by atoms with Gasteiger partial charge in [-0.05, 0) is 68.4 Å². The van der Waals surface area contributed by atoms with E-state index >= 15 is 0 Å². The molecular weight excluding hydrogens is 420 g/mol. The van der Waals surface area contributed by atoms with E-state index in [0.717, 1.165) is 42.4 Å². The number of halogens is 1. The Bertz CT molecular complexity index is 1040. The topological polar surface area (TPSA) is 68.5 Å². The van der Waals surface area contributed by atoms with Crippen LogP contribution in [-0.2, 0) is 26.4 Å². The SMILES string of the molecule is Cn1ncc(-c2nc(CC3CCC(NCc4cccnc4)CC3)ncc2Cl)c1CC1CC1. The van der Waals surface area contributed by atoms with Crippen LogP contribution in [0.4, 0.5) is 0 Å². The number of hydrogen-bond acceptors (Lipinski definition) is 5. The zero-order valence-electron chi connectivity index (χ0n) is 18.7. The van der Waals surface area contributed by atoms with Crippen LogP contribution in [0.25, 0.3) is 11.3 Å². The van der Waals surface area contributed by atoms with Crippen LogP contribution >= 0.6 is 11.6 Å². The first-order valence-corrected chi connectivity index (χ1v) is 12.2. The Hall–Kier alpha value is -2.31. The zero-order valence-corrected chi connectivity index (χ0v) is 19.4.